The topological polar surface area (TPSA) is 68.0 Å². The van der Waals surface area contributed by atoms with Crippen molar-refractivity contribution in [3.63, 3.8) is 0 Å². The first-order valence-corrected chi connectivity index (χ1v) is 8.53. The second-order valence-electron chi connectivity index (χ2n) is 6.52. The molecule has 1 aliphatic carbocycles. The van der Waals surface area contributed by atoms with E-state index in [9.17, 15) is 0 Å². The molecule has 0 aromatic carbocycles. The molecule has 3 heterocycles. The second kappa shape index (κ2) is 5.85. The van der Waals surface area contributed by atoms with Gasteiger partial charge in [-0.05, 0) is 45.6 Å². The lowest BCUT2D eigenvalue weighted by atomic mass is 10.2. The Morgan fingerprint density at radius 2 is 1.92 bits per heavy atom. The molecule has 4 rings (SSSR count). The Morgan fingerprint density at radius 1 is 1.04 bits per heavy atom. The van der Waals surface area contributed by atoms with Gasteiger partial charge in [0.15, 0.2) is 5.65 Å². The van der Waals surface area contributed by atoms with Crippen LogP contribution in [0.15, 0.2) is 12.1 Å². The standard InChI is InChI=1S/C18H22N6/c1-11-9-17(24-18(20-11)10-12(2)23-24)19-8-7-16-21-13(3)14-5-4-6-15(14)22-16/h9-10,19H,4-8H2,1-3H3. The Kier molecular flexibility index (Phi) is 3.67. The highest BCUT2D eigenvalue weighted by atomic mass is 15.3. The third-order valence-corrected chi connectivity index (χ3v) is 4.52. The summed E-state index contributed by atoms with van der Waals surface area (Å²) >= 11 is 0. The van der Waals surface area contributed by atoms with Gasteiger partial charge in [0, 0.05) is 42.2 Å². The van der Waals surface area contributed by atoms with Crippen LogP contribution in [0.1, 0.15) is 40.6 Å². The molecule has 6 nitrogen and oxygen atoms in total. The van der Waals surface area contributed by atoms with Gasteiger partial charge >= 0.3 is 0 Å². The molecule has 3 aromatic rings. The van der Waals surface area contributed by atoms with Crippen LogP contribution >= 0.6 is 0 Å². The minimum atomic E-state index is 0.773. The number of hydrogen-bond donors (Lipinski definition) is 1. The van der Waals surface area contributed by atoms with E-state index in [0.29, 0.717) is 0 Å². The fourth-order valence-corrected chi connectivity index (χ4v) is 3.44. The highest BCUT2D eigenvalue weighted by Gasteiger charge is 2.16. The Balaban J connectivity index is 1.51. The number of aryl methyl sites for hydroxylation is 4. The van der Waals surface area contributed by atoms with Crippen molar-refractivity contribution in [3.05, 3.63) is 46.3 Å². The highest BCUT2D eigenvalue weighted by molar-refractivity contribution is 5.50. The van der Waals surface area contributed by atoms with Crippen LogP contribution in [0.3, 0.4) is 0 Å². The maximum Gasteiger partial charge on any atom is 0.157 e. The van der Waals surface area contributed by atoms with Crippen LogP contribution in [0.4, 0.5) is 5.82 Å². The molecular weight excluding hydrogens is 300 g/mol. The van der Waals surface area contributed by atoms with Gasteiger partial charge in [-0.15, -0.1) is 0 Å². The lowest BCUT2D eigenvalue weighted by molar-refractivity contribution is 0.834. The second-order valence-corrected chi connectivity index (χ2v) is 6.52. The van der Waals surface area contributed by atoms with E-state index in [4.69, 9.17) is 4.98 Å². The first kappa shape index (κ1) is 15.1. The Labute approximate surface area is 141 Å². The van der Waals surface area contributed by atoms with Gasteiger partial charge in [0.25, 0.3) is 0 Å². The summed E-state index contributed by atoms with van der Waals surface area (Å²) < 4.78 is 1.86. The summed E-state index contributed by atoms with van der Waals surface area (Å²) in [6.07, 6.45) is 4.24. The maximum absolute atomic E-state index is 4.74. The SMILES string of the molecule is Cc1cc(NCCc2nc(C)c3c(n2)CCC3)n2nc(C)cc2n1. The van der Waals surface area contributed by atoms with E-state index < -0.39 is 0 Å². The summed E-state index contributed by atoms with van der Waals surface area (Å²) in [5.74, 6) is 1.89. The van der Waals surface area contributed by atoms with E-state index in [1.807, 2.05) is 30.5 Å². The lowest BCUT2D eigenvalue weighted by Gasteiger charge is -2.10. The van der Waals surface area contributed by atoms with Gasteiger partial charge in [0.05, 0.1) is 5.69 Å². The van der Waals surface area contributed by atoms with E-state index in [0.717, 1.165) is 60.2 Å². The molecule has 0 unspecified atom stereocenters. The summed E-state index contributed by atoms with van der Waals surface area (Å²) in [5, 5.41) is 7.96. The smallest absolute Gasteiger partial charge is 0.157 e. The van der Waals surface area contributed by atoms with Crippen molar-refractivity contribution in [1.29, 1.82) is 0 Å². The predicted molar refractivity (Wildman–Crippen MR) is 93.4 cm³/mol. The predicted octanol–water partition coefficient (Wildman–Crippen LogP) is 2.59. The number of rotatable bonds is 4. The molecule has 0 fully saturated rings. The Bertz CT molecular complexity index is 912. The van der Waals surface area contributed by atoms with Crippen molar-refractivity contribution in [3.8, 4) is 0 Å². The molecule has 3 aromatic heterocycles. The van der Waals surface area contributed by atoms with Gasteiger partial charge in [-0.3, -0.25) is 0 Å². The molecule has 0 saturated carbocycles. The van der Waals surface area contributed by atoms with Crippen LogP contribution in [0, 0.1) is 20.8 Å². The van der Waals surface area contributed by atoms with Gasteiger partial charge < -0.3 is 5.32 Å². The summed E-state index contributed by atoms with van der Waals surface area (Å²) in [7, 11) is 0. The third-order valence-electron chi connectivity index (χ3n) is 4.52. The molecular formula is C18H22N6. The first-order chi connectivity index (χ1) is 11.6. The lowest BCUT2D eigenvalue weighted by Crippen LogP contribution is -2.13. The minimum Gasteiger partial charge on any atom is -0.369 e. The van der Waals surface area contributed by atoms with Gasteiger partial charge in [0.1, 0.15) is 11.6 Å². The van der Waals surface area contributed by atoms with E-state index >= 15 is 0 Å². The number of hydrogen-bond acceptors (Lipinski definition) is 5. The molecule has 6 heteroatoms. The van der Waals surface area contributed by atoms with E-state index in [2.05, 4.69) is 27.3 Å². The van der Waals surface area contributed by atoms with Crippen LogP contribution < -0.4 is 5.32 Å². The zero-order chi connectivity index (χ0) is 16.7. The van der Waals surface area contributed by atoms with E-state index in [-0.39, 0.29) is 0 Å². The summed E-state index contributed by atoms with van der Waals surface area (Å²) in [5.41, 5.74) is 6.59. The molecule has 0 bridgehead atoms. The normalized spacial score (nSPS) is 13.5. The quantitative estimate of drug-likeness (QED) is 0.799. The highest BCUT2D eigenvalue weighted by Crippen LogP contribution is 2.22. The van der Waals surface area contributed by atoms with Crippen LogP contribution in [-0.2, 0) is 19.3 Å². The molecule has 0 aliphatic heterocycles. The molecule has 1 aliphatic rings. The van der Waals surface area contributed by atoms with Crippen molar-refractivity contribution in [2.24, 2.45) is 0 Å². The van der Waals surface area contributed by atoms with E-state index in [1.54, 1.807) is 0 Å². The summed E-state index contributed by atoms with van der Waals surface area (Å²) in [4.78, 5) is 13.9. The van der Waals surface area contributed by atoms with Crippen molar-refractivity contribution >= 4 is 11.5 Å². The first-order valence-electron chi connectivity index (χ1n) is 8.53. The molecule has 0 radical (unpaired) electrons. The van der Waals surface area contributed by atoms with Gasteiger partial charge in [-0.1, -0.05) is 0 Å². The average Bonchev–Trinajstić information content (AvgIpc) is 3.13. The van der Waals surface area contributed by atoms with Gasteiger partial charge in [-0.25, -0.2) is 15.0 Å². The molecule has 0 saturated heterocycles. The fourth-order valence-electron chi connectivity index (χ4n) is 3.44. The van der Waals surface area contributed by atoms with E-state index in [1.165, 1.54) is 17.7 Å². The Hall–Kier alpha value is -2.50. The number of aromatic nitrogens is 5. The molecule has 24 heavy (non-hydrogen) atoms. The van der Waals surface area contributed by atoms with Crippen LogP contribution in [0.25, 0.3) is 5.65 Å². The van der Waals surface area contributed by atoms with Crippen LogP contribution in [-0.4, -0.2) is 31.1 Å². The maximum atomic E-state index is 4.74. The average molecular weight is 322 g/mol. The van der Waals surface area contributed by atoms with Crippen molar-refractivity contribution in [1.82, 2.24) is 24.6 Å². The van der Waals surface area contributed by atoms with Crippen molar-refractivity contribution in [2.45, 2.75) is 46.5 Å². The molecule has 0 amide bonds. The Morgan fingerprint density at radius 3 is 2.79 bits per heavy atom. The third kappa shape index (κ3) is 2.72. The molecule has 0 spiro atoms. The number of anilines is 1. The van der Waals surface area contributed by atoms with Crippen molar-refractivity contribution < 1.29 is 0 Å². The number of nitrogens with one attached hydrogen (secondary N) is 1. The summed E-state index contributed by atoms with van der Waals surface area (Å²) in [6, 6.07) is 4.01. The van der Waals surface area contributed by atoms with Gasteiger partial charge in [0.2, 0.25) is 0 Å². The molecule has 124 valence electrons. The summed E-state index contributed by atoms with van der Waals surface area (Å²) in [6.45, 7) is 6.86. The largest absolute Gasteiger partial charge is 0.369 e. The van der Waals surface area contributed by atoms with Crippen molar-refractivity contribution in [2.75, 3.05) is 11.9 Å². The number of nitrogens with zero attached hydrogens (tertiary/aromatic N) is 5. The zero-order valence-corrected chi connectivity index (χ0v) is 14.4. The monoisotopic (exact) mass is 322 g/mol. The van der Waals surface area contributed by atoms with Crippen LogP contribution in [0.5, 0.6) is 0 Å². The fraction of sp³-hybridized carbons (Fsp3) is 0.444. The van der Waals surface area contributed by atoms with Gasteiger partial charge in [-0.2, -0.15) is 9.61 Å². The van der Waals surface area contributed by atoms with Crippen LogP contribution in [0.2, 0.25) is 0 Å². The minimum absolute atomic E-state index is 0.773. The molecule has 1 N–H and O–H groups in total. The molecule has 0 atom stereocenters. The zero-order valence-electron chi connectivity index (χ0n) is 14.4. The number of fused-ring (bicyclic) bond motifs is 2.